The summed E-state index contributed by atoms with van der Waals surface area (Å²) in [6.07, 6.45) is 12.2. The van der Waals surface area contributed by atoms with Crippen LogP contribution in [0, 0.1) is 0 Å². The molecule has 0 bridgehead atoms. The van der Waals surface area contributed by atoms with E-state index in [2.05, 4.69) is 0 Å². The molecule has 10 nitrogen and oxygen atoms in total. The van der Waals surface area contributed by atoms with Crippen molar-refractivity contribution in [3.8, 4) is 0 Å². The van der Waals surface area contributed by atoms with Crippen LogP contribution in [-0.2, 0) is 0 Å². The highest BCUT2D eigenvalue weighted by atomic mass is 16.4. The molecule has 10 N–H and O–H groups in total. The largest absolute Gasteiger partial charge is 0.396 e. The maximum Gasteiger partial charge on any atom is 0.111 e. The molecule has 0 saturated carbocycles. The van der Waals surface area contributed by atoms with E-state index in [1.54, 1.807) is 0 Å². The van der Waals surface area contributed by atoms with Crippen molar-refractivity contribution >= 4 is 0 Å². The molecule has 0 aromatic rings. The van der Waals surface area contributed by atoms with Crippen LogP contribution in [0.1, 0.15) is 103 Å². The highest BCUT2D eigenvalue weighted by molar-refractivity contribution is 4.79. The van der Waals surface area contributed by atoms with Crippen LogP contribution in [0.15, 0.2) is 0 Å². The highest BCUT2D eigenvalue weighted by Crippen LogP contribution is 2.09. The Labute approximate surface area is 218 Å². The van der Waals surface area contributed by atoms with Gasteiger partial charge in [0.1, 0.15) is 24.4 Å². The molecule has 0 aromatic carbocycles. The molecular formula is C26H58O10. The first-order chi connectivity index (χ1) is 17.4. The smallest absolute Gasteiger partial charge is 0.111 e. The fourth-order valence-electron chi connectivity index (χ4n) is 3.24. The van der Waals surface area contributed by atoms with Crippen LogP contribution in [0.25, 0.3) is 0 Å². The summed E-state index contributed by atoms with van der Waals surface area (Å²) in [6, 6.07) is 0. The van der Waals surface area contributed by atoms with E-state index in [0.717, 1.165) is 51.4 Å². The molecule has 4 unspecified atom stereocenters. The Kier molecular flexibility index (Phi) is 38.5. The van der Waals surface area contributed by atoms with Crippen molar-refractivity contribution in [2.75, 3.05) is 39.6 Å². The Morgan fingerprint density at radius 1 is 0.278 bits per heavy atom. The average molecular weight is 531 g/mol. The molecule has 0 aromatic heterocycles. The third kappa shape index (κ3) is 31.6. The molecule has 0 amide bonds. The normalized spacial score (nSPS) is 14.2. The molecule has 0 aliphatic rings. The monoisotopic (exact) mass is 530 g/mol. The minimum Gasteiger partial charge on any atom is -0.396 e. The van der Waals surface area contributed by atoms with Gasteiger partial charge in [0.05, 0.1) is 13.2 Å². The van der Waals surface area contributed by atoms with E-state index in [1.807, 2.05) is 0 Å². The molecule has 0 spiro atoms. The van der Waals surface area contributed by atoms with Crippen LogP contribution in [0.2, 0.25) is 0 Å². The van der Waals surface area contributed by atoms with Crippen molar-refractivity contribution < 1.29 is 51.1 Å². The molecule has 36 heavy (non-hydrogen) atoms. The quantitative estimate of drug-likeness (QED) is 0.0833. The van der Waals surface area contributed by atoms with E-state index in [1.165, 1.54) is 51.4 Å². The first-order valence-electron chi connectivity index (χ1n) is 13.7. The summed E-state index contributed by atoms with van der Waals surface area (Å²) >= 11 is 0. The molecule has 0 heterocycles. The summed E-state index contributed by atoms with van der Waals surface area (Å²) in [5.41, 5.74) is 0. The van der Waals surface area contributed by atoms with Crippen molar-refractivity contribution in [3.63, 3.8) is 0 Å². The Morgan fingerprint density at radius 3 is 0.583 bits per heavy atom. The second-order valence-corrected chi connectivity index (χ2v) is 9.03. The Morgan fingerprint density at radius 2 is 0.444 bits per heavy atom. The van der Waals surface area contributed by atoms with Crippen LogP contribution in [-0.4, -0.2) is 115 Å². The molecule has 0 aliphatic carbocycles. The van der Waals surface area contributed by atoms with Crippen molar-refractivity contribution in [2.45, 2.75) is 127 Å². The highest BCUT2D eigenvalue weighted by Gasteiger charge is 2.29. The third-order valence-corrected chi connectivity index (χ3v) is 5.64. The molecule has 0 radical (unpaired) electrons. The summed E-state index contributed by atoms with van der Waals surface area (Å²) in [5.74, 6) is 0. The summed E-state index contributed by atoms with van der Waals surface area (Å²) in [5, 5.41) is 86.2. The van der Waals surface area contributed by atoms with Gasteiger partial charge in [-0.25, -0.2) is 0 Å². The fourth-order valence-corrected chi connectivity index (χ4v) is 3.24. The molecule has 0 saturated heterocycles. The lowest BCUT2D eigenvalue weighted by Crippen LogP contribution is -2.46. The van der Waals surface area contributed by atoms with E-state index in [-0.39, 0.29) is 0 Å². The van der Waals surface area contributed by atoms with E-state index in [4.69, 9.17) is 51.1 Å². The van der Waals surface area contributed by atoms with E-state index < -0.39 is 37.6 Å². The number of rotatable bonds is 23. The number of aliphatic hydroxyl groups excluding tert-OH is 10. The Hall–Kier alpha value is -0.400. The predicted molar refractivity (Wildman–Crippen MR) is 140 cm³/mol. The third-order valence-electron chi connectivity index (χ3n) is 5.64. The van der Waals surface area contributed by atoms with Crippen LogP contribution >= 0.6 is 0 Å². The molecule has 0 rings (SSSR count). The maximum atomic E-state index is 8.96. The maximum absolute atomic E-state index is 8.96. The van der Waals surface area contributed by atoms with Gasteiger partial charge >= 0.3 is 0 Å². The van der Waals surface area contributed by atoms with Crippen LogP contribution in [0.5, 0.6) is 0 Å². The number of unbranched alkanes of at least 4 members (excludes halogenated alkanes) is 14. The van der Waals surface area contributed by atoms with Crippen LogP contribution in [0.3, 0.4) is 0 Å². The number of aliphatic hydroxyl groups is 10. The number of hydrogen-bond donors (Lipinski definition) is 10. The average Bonchev–Trinajstić information content (AvgIpc) is 2.90. The van der Waals surface area contributed by atoms with Gasteiger partial charge in [-0.2, -0.15) is 0 Å². The Balaban J connectivity index is -0.000000454. The molecule has 0 aliphatic heterocycles. The first-order valence-corrected chi connectivity index (χ1v) is 13.7. The predicted octanol–water partition coefficient (Wildman–Crippen LogP) is 0.598. The zero-order chi connectivity index (χ0) is 27.9. The van der Waals surface area contributed by atoms with Gasteiger partial charge in [0.2, 0.25) is 0 Å². The van der Waals surface area contributed by atoms with E-state index in [9.17, 15) is 0 Å². The van der Waals surface area contributed by atoms with Gasteiger partial charge < -0.3 is 51.1 Å². The summed E-state index contributed by atoms with van der Waals surface area (Å²) in [4.78, 5) is 0. The lowest BCUT2D eigenvalue weighted by atomic mass is 10.0. The zero-order valence-electron chi connectivity index (χ0n) is 22.3. The van der Waals surface area contributed by atoms with Gasteiger partial charge in [-0.1, -0.05) is 77.0 Å². The van der Waals surface area contributed by atoms with E-state index >= 15 is 0 Å². The number of hydrogen-bond acceptors (Lipinski definition) is 10. The van der Waals surface area contributed by atoms with Gasteiger partial charge in [-0.15, -0.1) is 0 Å². The minimum atomic E-state index is -1.67. The summed E-state index contributed by atoms with van der Waals surface area (Å²) in [6.45, 7) is -0.100. The van der Waals surface area contributed by atoms with E-state index in [0.29, 0.717) is 26.4 Å². The Bertz CT molecular complexity index is 323. The molecule has 222 valence electrons. The summed E-state index contributed by atoms with van der Waals surface area (Å²) in [7, 11) is 0. The minimum absolute atomic E-state index is 0.338. The second-order valence-electron chi connectivity index (χ2n) is 9.03. The van der Waals surface area contributed by atoms with Crippen LogP contribution in [0.4, 0.5) is 0 Å². The topological polar surface area (TPSA) is 202 Å². The lowest BCUT2D eigenvalue weighted by Gasteiger charge is -2.24. The fraction of sp³-hybridized carbons (Fsp3) is 1.00. The van der Waals surface area contributed by atoms with Crippen molar-refractivity contribution in [1.29, 1.82) is 0 Å². The van der Waals surface area contributed by atoms with Crippen LogP contribution < -0.4 is 0 Å². The standard InChI is InChI=1S/2C10H22O2.C6H14O6/c2*11-9-7-5-3-1-2-4-6-8-10-12;7-1-3(9)5(11)6(12)4(10)2-8/h2*11-12H,1-10H2;3-12H,1-2H2. The lowest BCUT2D eigenvalue weighted by molar-refractivity contribution is -0.123. The van der Waals surface area contributed by atoms with Gasteiger partial charge in [-0.05, 0) is 25.7 Å². The van der Waals surface area contributed by atoms with Gasteiger partial charge in [0.25, 0.3) is 0 Å². The zero-order valence-corrected chi connectivity index (χ0v) is 22.3. The second kappa shape index (κ2) is 34.6. The molecule has 4 atom stereocenters. The van der Waals surface area contributed by atoms with Crippen molar-refractivity contribution in [1.82, 2.24) is 0 Å². The van der Waals surface area contributed by atoms with Gasteiger partial charge in [-0.3, -0.25) is 0 Å². The van der Waals surface area contributed by atoms with Gasteiger partial charge in [0.15, 0.2) is 0 Å². The van der Waals surface area contributed by atoms with Gasteiger partial charge in [0, 0.05) is 26.4 Å². The SMILES string of the molecule is OCC(O)C(O)C(O)C(O)CO.OCCCCCCCCCCO.OCCCCCCCCCCO. The molecular weight excluding hydrogens is 472 g/mol. The first kappa shape index (κ1) is 40.1. The molecule has 10 heteroatoms. The van der Waals surface area contributed by atoms with Crippen molar-refractivity contribution in [3.05, 3.63) is 0 Å². The molecule has 0 fully saturated rings. The van der Waals surface area contributed by atoms with Crippen molar-refractivity contribution in [2.24, 2.45) is 0 Å². The summed E-state index contributed by atoms with van der Waals surface area (Å²) < 4.78 is 0.